The molecule has 0 atom stereocenters. The van der Waals surface area contributed by atoms with Gasteiger partial charge in [0.1, 0.15) is 0 Å². The third kappa shape index (κ3) is 1.85. The molecule has 0 saturated heterocycles. The minimum Gasteiger partial charge on any atom is -0.480 e. The molecule has 0 aromatic rings. The highest BCUT2D eigenvalue weighted by atomic mass is 16.4. The second-order valence-corrected chi connectivity index (χ2v) is 2.82. The minimum absolute atomic E-state index is 0.174. The third-order valence-electron chi connectivity index (χ3n) is 1.96. The van der Waals surface area contributed by atoms with Crippen LogP contribution in [0.2, 0.25) is 0 Å². The molecule has 74 valence electrons. The number of aliphatic carboxylic acids is 2. The third-order valence-corrected chi connectivity index (χ3v) is 1.96. The minimum atomic E-state index is -2.26. The number of ketones is 1. The zero-order valence-corrected chi connectivity index (χ0v) is 7.53. The molecule has 0 amide bonds. The normalized spacial score (nSPS) is 10.9. The largest absolute Gasteiger partial charge is 0.480 e. The van der Waals surface area contributed by atoms with Crippen LogP contribution in [-0.4, -0.2) is 27.9 Å². The molecule has 0 aromatic carbocycles. The highest BCUT2D eigenvalue weighted by Crippen LogP contribution is 2.26. The number of hydrogen-bond donors (Lipinski definition) is 2. The molecule has 5 heteroatoms. The van der Waals surface area contributed by atoms with Crippen LogP contribution in [0, 0.1) is 5.41 Å². The Morgan fingerprint density at radius 3 is 1.62 bits per heavy atom. The second-order valence-electron chi connectivity index (χ2n) is 2.82. The van der Waals surface area contributed by atoms with Crippen LogP contribution < -0.4 is 0 Å². The molecule has 0 heterocycles. The Labute approximate surface area is 75.4 Å². The van der Waals surface area contributed by atoms with E-state index in [0.29, 0.717) is 6.42 Å². The first-order valence-electron chi connectivity index (χ1n) is 3.87. The molecule has 0 aliphatic carbocycles. The van der Waals surface area contributed by atoms with Gasteiger partial charge in [-0.2, -0.15) is 0 Å². The molecular formula is C8H12O5. The maximum Gasteiger partial charge on any atom is 0.328 e. The molecule has 0 spiro atoms. The second kappa shape index (κ2) is 4.02. The Kier molecular flexibility index (Phi) is 3.59. The van der Waals surface area contributed by atoms with Crippen molar-refractivity contribution < 1.29 is 24.6 Å². The summed E-state index contributed by atoms with van der Waals surface area (Å²) in [5, 5.41) is 17.4. The number of Topliss-reactive ketones (excluding diaryl/α,β-unsaturated/α-hetero) is 1. The van der Waals surface area contributed by atoms with Crippen LogP contribution in [0.3, 0.4) is 0 Å². The van der Waals surface area contributed by atoms with Crippen molar-refractivity contribution >= 4 is 17.7 Å². The predicted octanol–water partition coefficient (Wildman–Crippen LogP) is 0.531. The van der Waals surface area contributed by atoms with Crippen molar-refractivity contribution in [1.29, 1.82) is 0 Å². The number of hydrogen-bond acceptors (Lipinski definition) is 3. The molecule has 0 aliphatic heterocycles. The lowest BCUT2D eigenvalue weighted by Gasteiger charge is -2.20. The molecule has 0 rings (SSSR count). The Balaban J connectivity index is 5.18. The molecule has 13 heavy (non-hydrogen) atoms. The standard InChI is InChI=1S/C8H12O5/c1-3-4-8(5(2)9,6(10)11)7(12)13/h3-4H2,1-2H3,(H,10,11)(H,12,13). The van der Waals surface area contributed by atoms with Gasteiger partial charge in [-0.25, -0.2) is 0 Å². The lowest BCUT2D eigenvalue weighted by atomic mass is 9.80. The van der Waals surface area contributed by atoms with Gasteiger partial charge in [-0.05, 0) is 13.3 Å². The van der Waals surface area contributed by atoms with E-state index in [4.69, 9.17) is 10.2 Å². The molecule has 0 unspecified atom stereocenters. The van der Waals surface area contributed by atoms with E-state index in [9.17, 15) is 14.4 Å². The number of carboxylic acid groups (broad SMARTS) is 2. The van der Waals surface area contributed by atoms with Crippen molar-refractivity contribution in [3.05, 3.63) is 0 Å². The van der Waals surface area contributed by atoms with Gasteiger partial charge >= 0.3 is 11.9 Å². The van der Waals surface area contributed by atoms with Crippen molar-refractivity contribution in [2.24, 2.45) is 5.41 Å². The Bertz CT molecular complexity index is 207. The van der Waals surface area contributed by atoms with Gasteiger partial charge in [0.15, 0.2) is 5.78 Å². The van der Waals surface area contributed by atoms with E-state index in [1.165, 1.54) is 0 Å². The number of carbonyl (C=O) groups is 3. The van der Waals surface area contributed by atoms with E-state index in [2.05, 4.69) is 0 Å². The average Bonchev–Trinajstić information content (AvgIpc) is 1.97. The lowest BCUT2D eigenvalue weighted by molar-refractivity contribution is -0.168. The van der Waals surface area contributed by atoms with E-state index < -0.39 is 23.1 Å². The van der Waals surface area contributed by atoms with Crippen molar-refractivity contribution in [1.82, 2.24) is 0 Å². The van der Waals surface area contributed by atoms with Crippen molar-refractivity contribution in [3.63, 3.8) is 0 Å². The summed E-state index contributed by atoms with van der Waals surface area (Å²) in [5.41, 5.74) is -2.26. The first-order valence-corrected chi connectivity index (χ1v) is 3.87. The van der Waals surface area contributed by atoms with Crippen molar-refractivity contribution in [3.8, 4) is 0 Å². The summed E-state index contributed by atoms with van der Waals surface area (Å²) in [6, 6.07) is 0. The van der Waals surface area contributed by atoms with Gasteiger partial charge in [0, 0.05) is 0 Å². The fourth-order valence-corrected chi connectivity index (χ4v) is 1.16. The van der Waals surface area contributed by atoms with E-state index in [1.807, 2.05) is 0 Å². The summed E-state index contributed by atoms with van der Waals surface area (Å²) in [4.78, 5) is 32.4. The number of carbonyl (C=O) groups excluding carboxylic acids is 1. The Morgan fingerprint density at radius 2 is 1.54 bits per heavy atom. The highest BCUT2D eigenvalue weighted by molar-refractivity contribution is 6.18. The van der Waals surface area contributed by atoms with Crippen LogP contribution in [0.5, 0.6) is 0 Å². The summed E-state index contributed by atoms with van der Waals surface area (Å²) in [5.74, 6) is -4.02. The van der Waals surface area contributed by atoms with Crippen LogP contribution >= 0.6 is 0 Å². The van der Waals surface area contributed by atoms with E-state index in [-0.39, 0.29) is 6.42 Å². The Morgan fingerprint density at radius 1 is 1.15 bits per heavy atom. The Hall–Kier alpha value is -1.39. The monoisotopic (exact) mass is 188 g/mol. The topological polar surface area (TPSA) is 91.7 Å². The predicted molar refractivity (Wildman–Crippen MR) is 43.3 cm³/mol. The fourth-order valence-electron chi connectivity index (χ4n) is 1.16. The van der Waals surface area contributed by atoms with Crippen LogP contribution in [0.1, 0.15) is 26.7 Å². The van der Waals surface area contributed by atoms with E-state index in [1.54, 1.807) is 6.92 Å². The van der Waals surface area contributed by atoms with Crippen molar-refractivity contribution in [2.75, 3.05) is 0 Å². The quantitative estimate of drug-likeness (QED) is 0.614. The lowest BCUT2D eigenvalue weighted by Crippen LogP contribution is -2.45. The van der Waals surface area contributed by atoms with Crippen LogP contribution in [0.4, 0.5) is 0 Å². The molecule has 5 nitrogen and oxygen atoms in total. The zero-order chi connectivity index (χ0) is 10.6. The van der Waals surface area contributed by atoms with Crippen LogP contribution in [-0.2, 0) is 14.4 Å². The van der Waals surface area contributed by atoms with Gasteiger partial charge in [-0.1, -0.05) is 13.3 Å². The first kappa shape index (κ1) is 11.6. The number of carboxylic acids is 2. The van der Waals surface area contributed by atoms with Gasteiger partial charge in [-0.15, -0.1) is 0 Å². The van der Waals surface area contributed by atoms with Crippen LogP contribution in [0.15, 0.2) is 0 Å². The summed E-state index contributed by atoms with van der Waals surface area (Å²) in [6.07, 6.45) is 0.158. The molecule has 0 fully saturated rings. The van der Waals surface area contributed by atoms with E-state index >= 15 is 0 Å². The SMILES string of the molecule is CCCC(C(C)=O)(C(=O)O)C(=O)O. The maximum absolute atomic E-state index is 11.0. The summed E-state index contributed by atoms with van der Waals surface area (Å²) >= 11 is 0. The molecule has 0 aliphatic rings. The number of rotatable bonds is 5. The molecule has 0 aromatic heterocycles. The molecule has 0 saturated carbocycles. The molecule has 0 radical (unpaired) electrons. The average molecular weight is 188 g/mol. The summed E-state index contributed by atoms with van der Waals surface area (Å²) in [6.45, 7) is 2.61. The van der Waals surface area contributed by atoms with Gasteiger partial charge in [0.25, 0.3) is 0 Å². The van der Waals surface area contributed by atoms with Crippen LogP contribution in [0.25, 0.3) is 0 Å². The van der Waals surface area contributed by atoms with E-state index in [0.717, 1.165) is 6.92 Å². The first-order chi connectivity index (χ1) is 5.89. The van der Waals surface area contributed by atoms with Gasteiger partial charge in [0.2, 0.25) is 5.41 Å². The molecule has 2 N–H and O–H groups in total. The van der Waals surface area contributed by atoms with Gasteiger partial charge in [0.05, 0.1) is 0 Å². The highest BCUT2D eigenvalue weighted by Gasteiger charge is 2.50. The zero-order valence-electron chi connectivity index (χ0n) is 7.53. The fraction of sp³-hybridized carbons (Fsp3) is 0.625. The van der Waals surface area contributed by atoms with Gasteiger partial charge in [-0.3, -0.25) is 14.4 Å². The smallest absolute Gasteiger partial charge is 0.328 e. The maximum atomic E-state index is 11.0. The molecular weight excluding hydrogens is 176 g/mol. The summed E-state index contributed by atoms with van der Waals surface area (Å²) in [7, 11) is 0. The van der Waals surface area contributed by atoms with Gasteiger partial charge < -0.3 is 10.2 Å². The molecule has 0 bridgehead atoms. The summed E-state index contributed by atoms with van der Waals surface area (Å²) < 4.78 is 0. The van der Waals surface area contributed by atoms with Crippen molar-refractivity contribution in [2.45, 2.75) is 26.7 Å².